The Morgan fingerprint density at radius 3 is 2.70 bits per heavy atom. The monoisotopic (exact) mass is 423 g/mol. The smallest absolute Gasteiger partial charge is 0.266 e. The molecule has 3 aromatic rings. The van der Waals surface area contributed by atoms with Gasteiger partial charge in [-0.05, 0) is 18.2 Å². The molecule has 1 N–H and O–H groups in total. The molecule has 4 rings (SSSR count). The fraction of sp³-hybridized carbons (Fsp3) is 0.348. The minimum Gasteiger partial charge on any atom is -0.378 e. The molecule has 0 bridgehead atoms. The molecule has 0 saturated carbocycles. The number of nitrogens with one attached hydrogen (secondary N) is 1. The molecule has 1 aliphatic rings. The van der Waals surface area contributed by atoms with Crippen LogP contribution in [0.5, 0.6) is 0 Å². The number of aromatic nitrogens is 2. The number of nitrogens with zero attached hydrogens (tertiary/aromatic N) is 2. The number of rotatable bonds is 3. The van der Waals surface area contributed by atoms with Gasteiger partial charge in [0.2, 0.25) is 0 Å². The number of pyridine rings is 1. The van der Waals surface area contributed by atoms with Crippen LogP contribution in [0.3, 0.4) is 0 Å². The summed E-state index contributed by atoms with van der Waals surface area (Å²) < 4.78 is 6.60. The van der Waals surface area contributed by atoms with E-state index >= 15 is 0 Å². The Balaban J connectivity index is 1.85. The fourth-order valence-electron chi connectivity index (χ4n) is 3.26. The van der Waals surface area contributed by atoms with E-state index in [4.69, 9.17) is 9.72 Å². The van der Waals surface area contributed by atoms with Gasteiger partial charge < -0.3 is 14.6 Å². The maximum absolute atomic E-state index is 12.6. The average Bonchev–Trinajstić information content (AvgIpc) is 3.06. The number of ketones is 1. The number of fused-ring (bicyclic) bond motifs is 1. The molecule has 2 aromatic heterocycles. The van der Waals surface area contributed by atoms with E-state index < -0.39 is 5.41 Å². The molecular weight excluding hydrogens is 398 g/mol. The number of ether oxygens (including phenoxy) is 1. The third kappa shape index (κ3) is 4.37. The number of aromatic amines is 1. The van der Waals surface area contributed by atoms with Gasteiger partial charge in [0.25, 0.3) is 5.56 Å². The first kappa shape index (κ1) is 20.5. The Labute approximate surface area is 178 Å². The lowest BCUT2D eigenvalue weighted by molar-refractivity contribution is -0.119. The Morgan fingerprint density at radius 2 is 1.97 bits per heavy atom. The van der Waals surface area contributed by atoms with E-state index in [1.807, 2.05) is 51.1 Å². The van der Waals surface area contributed by atoms with Crippen molar-refractivity contribution < 1.29 is 9.53 Å². The van der Waals surface area contributed by atoms with Crippen LogP contribution in [0.25, 0.3) is 23.1 Å². The van der Waals surface area contributed by atoms with Crippen molar-refractivity contribution >= 4 is 46.0 Å². The number of benzene rings is 1. The third-order valence-corrected chi connectivity index (χ3v) is 5.97. The molecule has 1 aliphatic heterocycles. The highest BCUT2D eigenvalue weighted by atomic mass is 32.1. The maximum Gasteiger partial charge on any atom is 0.266 e. The molecule has 6 nitrogen and oxygen atoms in total. The number of anilines is 1. The Hall–Kier alpha value is -2.77. The van der Waals surface area contributed by atoms with Gasteiger partial charge in [-0.1, -0.05) is 39.0 Å². The van der Waals surface area contributed by atoms with Crippen molar-refractivity contribution in [2.24, 2.45) is 5.41 Å². The zero-order valence-corrected chi connectivity index (χ0v) is 18.2. The number of thiazole rings is 1. The lowest BCUT2D eigenvalue weighted by Gasteiger charge is -2.29. The third-order valence-electron chi connectivity index (χ3n) is 5.01. The van der Waals surface area contributed by atoms with E-state index in [1.54, 1.807) is 0 Å². The molecule has 0 atom stereocenters. The summed E-state index contributed by atoms with van der Waals surface area (Å²) >= 11 is 1.29. The van der Waals surface area contributed by atoms with Crippen molar-refractivity contribution in [3.8, 4) is 0 Å². The van der Waals surface area contributed by atoms with E-state index in [9.17, 15) is 9.59 Å². The fourth-order valence-corrected chi connectivity index (χ4v) is 4.13. The highest BCUT2D eigenvalue weighted by molar-refractivity contribution is 7.07. The lowest BCUT2D eigenvalue weighted by atomic mass is 9.91. The predicted octanol–water partition coefficient (Wildman–Crippen LogP) is 2.05. The number of hydrogen-bond donors (Lipinski definition) is 1. The number of carbonyl (C=O) groups is 1. The molecular formula is C23H25N3O3S. The Morgan fingerprint density at radius 1 is 1.23 bits per heavy atom. The van der Waals surface area contributed by atoms with Crippen LogP contribution in [0.4, 0.5) is 5.82 Å². The molecule has 0 spiro atoms. The molecule has 1 fully saturated rings. The van der Waals surface area contributed by atoms with Gasteiger partial charge in [0.15, 0.2) is 5.78 Å². The van der Waals surface area contributed by atoms with Crippen LogP contribution < -0.4 is 19.7 Å². The molecule has 0 amide bonds. The van der Waals surface area contributed by atoms with Crippen LogP contribution in [0.1, 0.15) is 26.3 Å². The molecule has 0 radical (unpaired) electrons. The van der Waals surface area contributed by atoms with E-state index in [-0.39, 0.29) is 11.3 Å². The van der Waals surface area contributed by atoms with Crippen LogP contribution in [-0.4, -0.2) is 42.1 Å². The molecule has 30 heavy (non-hydrogen) atoms. The van der Waals surface area contributed by atoms with Crippen molar-refractivity contribution in [2.75, 3.05) is 31.2 Å². The van der Waals surface area contributed by atoms with E-state index in [1.165, 1.54) is 17.4 Å². The quantitative estimate of drug-likeness (QED) is 0.698. The zero-order valence-electron chi connectivity index (χ0n) is 17.4. The molecule has 0 unspecified atom stereocenters. The van der Waals surface area contributed by atoms with Crippen LogP contribution in [0.15, 0.2) is 35.1 Å². The van der Waals surface area contributed by atoms with Gasteiger partial charge in [-0.2, -0.15) is 0 Å². The van der Waals surface area contributed by atoms with E-state index in [2.05, 4.69) is 16.0 Å². The number of hydrogen-bond acceptors (Lipinski definition) is 6. The van der Waals surface area contributed by atoms with Gasteiger partial charge in [-0.15, -0.1) is 11.3 Å². The molecule has 1 aromatic carbocycles. The molecule has 0 aliphatic carbocycles. The predicted molar refractivity (Wildman–Crippen MR) is 121 cm³/mol. The first-order valence-corrected chi connectivity index (χ1v) is 10.8. The molecule has 1 saturated heterocycles. The van der Waals surface area contributed by atoms with Gasteiger partial charge in [0.05, 0.1) is 27.9 Å². The maximum atomic E-state index is 12.6. The molecule has 7 heteroatoms. The lowest BCUT2D eigenvalue weighted by Crippen LogP contribution is -2.37. The summed E-state index contributed by atoms with van der Waals surface area (Å²) in [6.07, 6.45) is 3.39. The molecule has 3 heterocycles. The Kier molecular flexibility index (Phi) is 5.58. The number of morpholine rings is 1. The second-order valence-corrected chi connectivity index (χ2v) is 9.46. The minimum atomic E-state index is -0.490. The van der Waals surface area contributed by atoms with Crippen molar-refractivity contribution in [3.05, 3.63) is 55.4 Å². The van der Waals surface area contributed by atoms with Gasteiger partial charge in [0, 0.05) is 35.5 Å². The zero-order chi connectivity index (χ0) is 21.3. The standard InChI is InChI=1S/C23H25N3O3S/c1-23(2,3)19(27)14-20-25-22(28)18(30-20)13-16-12-15-6-4-5-7-17(15)24-21(16)26-8-10-29-11-9-26/h4-7,12-14H,8-11H2,1-3H3,(H,25,28). The van der Waals surface area contributed by atoms with Crippen LogP contribution >= 0.6 is 11.3 Å². The highest BCUT2D eigenvalue weighted by Gasteiger charge is 2.19. The number of para-hydroxylation sites is 1. The topological polar surface area (TPSA) is 75.3 Å². The summed E-state index contributed by atoms with van der Waals surface area (Å²) in [6, 6.07) is 10.0. The van der Waals surface area contributed by atoms with E-state index in [0.29, 0.717) is 22.4 Å². The second kappa shape index (κ2) is 8.16. The average molecular weight is 424 g/mol. The highest BCUT2D eigenvalue weighted by Crippen LogP contribution is 2.25. The van der Waals surface area contributed by atoms with Crippen molar-refractivity contribution in [1.29, 1.82) is 0 Å². The van der Waals surface area contributed by atoms with Crippen molar-refractivity contribution in [2.45, 2.75) is 20.8 Å². The normalized spacial score (nSPS) is 16.4. The minimum absolute atomic E-state index is 0.0204. The summed E-state index contributed by atoms with van der Waals surface area (Å²) in [4.78, 5) is 34.8. The second-order valence-electron chi connectivity index (χ2n) is 8.38. The number of H-pyrrole nitrogens is 1. The SMILES string of the molecule is CC(C)(C)C(=O)C=c1[nH]c(=O)c(=Cc2cc3ccccc3nc2N2CCOCC2)s1. The summed E-state index contributed by atoms with van der Waals surface area (Å²) in [5, 5.41) is 1.02. The van der Waals surface area contributed by atoms with Crippen molar-refractivity contribution in [3.63, 3.8) is 0 Å². The summed E-state index contributed by atoms with van der Waals surface area (Å²) in [6.45, 7) is 8.40. The van der Waals surface area contributed by atoms with Gasteiger partial charge >= 0.3 is 0 Å². The number of Topliss-reactive ketones (excluding diaryl/α,β-unsaturated/α-hetero) is 1. The van der Waals surface area contributed by atoms with Gasteiger partial charge in [-0.25, -0.2) is 4.98 Å². The number of carbonyl (C=O) groups excluding carboxylic acids is 1. The van der Waals surface area contributed by atoms with Gasteiger partial charge in [0.1, 0.15) is 5.82 Å². The summed E-state index contributed by atoms with van der Waals surface area (Å²) in [5.74, 6) is 0.828. The van der Waals surface area contributed by atoms with Crippen LogP contribution in [-0.2, 0) is 9.53 Å². The van der Waals surface area contributed by atoms with Crippen LogP contribution in [0.2, 0.25) is 0 Å². The largest absolute Gasteiger partial charge is 0.378 e. The first-order valence-electron chi connectivity index (χ1n) is 10.0. The van der Waals surface area contributed by atoms with E-state index in [0.717, 1.165) is 35.4 Å². The molecule has 156 valence electrons. The van der Waals surface area contributed by atoms with Crippen LogP contribution in [0, 0.1) is 5.41 Å². The first-order chi connectivity index (χ1) is 14.3. The van der Waals surface area contributed by atoms with Gasteiger partial charge in [-0.3, -0.25) is 9.59 Å². The van der Waals surface area contributed by atoms with Crippen molar-refractivity contribution in [1.82, 2.24) is 9.97 Å². The summed E-state index contributed by atoms with van der Waals surface area (Å²) in [7, 11) is 0. The summed E-state index contributed by atoms with van der Waals surface area (Å²) in [5.41, 5.74) is 1.11. The Bertz CT molecular complexity index is 1260.